The number of Topliss-reactive ketones (excluding diaryl/α,β-unsaturated/α-hetero) is 1. The second-order valence-corrected chi connectivity index (χ2v) is 5.87. The molecule has 6 heteroatoms. The van der Waals surface area contributed by atoms with E-state index in [1.54, 1.807) is 25.3 Å². The molecule has 1 heterocycles. The molecule has 0 saturated carbocycles. The summed E-state index contributed by atoms with van der Waals surface area (Å²) in [4.78, 5) is 15.8. The molecular formula is C19H19N5O. The van der Waals surface area contributed by atoms with Crippen molar-refractivity contribution in [1.29, 1.82) is 0 Å². The number of nitrogens with one attached hydrogen (secondary N) is 2. The number of anilines is 4. The minimum Gasteiger partial charge on any atom is -0.339 e. The van der Waals surface area contributed by atoms with Gasteiger partial charge in [0.2, 0.25) is 5.95 Å². The highest BCUT2D eigenvalue weighted by Gasteiger charge is 2.05. The molecule has 0 unspecified atom stereocenters. The zero-order chi connectivity index (χ0) is 17.8. The number of rotatable bonds is 5. The summed E-state index contributed by atoms with van der Waals surface area (Å²) in [6.45, 7) is 5.60. The molecular weight excluding hydrogens is 314 g/mol. The van der Waals surface area contributed by atoms with E-state index in [0.29, 0.717) is 17.3 Å². The molecule has 0 spiro atoms. The number of aryl methyl sites for hydroxylation is 2. The molecule has 2 aromatic carbocycles. The summed E-state index contributed by atoms with van der Waals surface area (Å²) in [6, 6.07) is 13.3. The molecule has 126 valence electrons. The Morgan fingerprint density at radius 3 is 2.48 bits per heavy atom. The smallest absolute Gasteiger partial charge is 0.249 e. The molecule has 1 aromatic heterocycles. The second kappa shape index (κ2) is 7.09. The number of ketones is 1. The van der Waals surface area contributed by atoms with Gasteiger partial charge >= 0.3 is 0 Å². The van der Waals surface area contributed by atoms with E-state index in [0.717, 1.165) is 22.5 Å². The van der Waals surface area contributed by atoms with Crippen molar-refractivity contribution in [3.05, 3.63) is 65.4 Å². The van der Waals surface area contributed by atoms with Crippen molar-refractivity contribution in [1.82, 2.24) is 15.2 Å². The third-order valence-electron chi connectivity index (χ3n) is 3.76. The molecule has 0 amide bonds. The van der Waals surface area contributed by atoms with E-state index in [1.165, 1.54) is 0 Å². The van der Waals surface area contributed by atoms with Crippen LogP contribution in [0.15, 0.2) is 48.7 Å². The standard InChI is InChI=1S/C19H19N5O/c1-12-4-5-13(2)17(10-12)22-19-23-18(11-20-24-19)21-16-8-6-15(7-9-16)14(3)25/h4-11H,1-3H3,(H2,21,22,23,24). The van der Waals surface area contributed by atoms with Gasteiger partial charge < -0.3 is 10.6 Å². The Balaban J connectivity index is 1.77. The van der Waals surface area contributed by atoms with Crippen LogP contribution in [0.4, 0.5) is 23.1 Å². The van der Waals surface area contributed by atoms with E-state index in [2.05, 4.69) is 31.9 Å². The molecule has 0 fully saturated rings. The predicted molar refractivity (Wildman–Crippen MR) is 98.8 cm³/mol. The first-order valence-electron chi connectivity index (χ1n) is 7.93. The van der Waals surface area contributed by atoms with Gasteiger partial charge in [-0.2, -0.15) is 10.1 Å². The molecule has 25 heavy (non-hydrogen) atoms. The number of carbonyl (C=O) groups is 1. The Morgan fingerprint density at radius 2 is 1.76 bits per heavy atom. The van der Waals surface area contributed by atoms with Crippen LogP contribution in [0.5, 0.6) is 0 Å². The van der Waals surface area contributed by atoms with Gasteiger partial charge in [0, 0.05) is 16.9 Å². The fourth-order valence-electron chi connectivity index (χ4n) is 2.34. The first-order chi connectivity index (χ1) is 12.0. The summed E-state index contributed by atoms with van der Waals surface area (Å²) >= 11 is 0. The van der Waals surface area contributed by atoms with Crippen LogP contribution in [-0.2, 0) is 0 Å². The van der Waals surface area contributed by atoms with Crippen molar-refractivity contribution in [3.63, 3.8) is 0 Å². The monoisotopic (exact) mass is 333 g/mol. The van der Waals surface area contributed by atoms with Gasteiger partial charge in [0.25, 0.3) is 0 Å². The van der Waals surface area contributed by atoms with Crippen LogP contribution >= 0.6 is 0 Å². The minimum atomic E-state index is 0.0373. The van der Waals surface area contributed by atoms with Crippen LogP contribution in [0.3, 0.4) is 0 Å². The van der Waals surface area contributed by atoms with Crippen molar-refractivity contribution in [3.8, 4) is 0 Å². The fourth-order valence-corrected chi connectivity index (χ4v) is 2.34. The third kappa shape index (κ3) is 4.17. The molecule has 0 bridgehead atoms. The average Bonchev–Trinajstić information content (AvgIpc) is 2.59. The molecule has 0 aliphatic rings. The average molecular weight is 333 g/mol. The summed E-state index contributed by atoms with van der Waals surface area (Å²) in [5.41, 5.74) is 4.70. The van der Waals surface area contributed by atoms with Crippen molar-refractivity contribution >= 4 is 28.9 Å². The Labute approximate surface area is 146 Å². The lowest BCUT2D eigenvalue weighted by Crippen LogP contribution is -2.03. The molecule has 3 rings (SSSR count). The largest absolute Gasteiger partial charge is 0.339 e. The Morgan fingerprint density at radius 1 is 1.00 bits per heavy atom. The maximum Gasteiger partial charge on any atom is 0.249 e. The molecule has 0 saturated heterocycles. The quantitative estimate of drug-likeness (QED) is 0.682. The first-order valence-corrected chi connectivity index (χ1v) is 7.93. The molecule has 0 atom stereocenters. The van der Waals surface area contributed by atoms with Crippen molar-refractivity contribution in [2.24, 2.45) is 0 Å². The number of carbonyl (C=O) groups excluding carboxylic acids is 1. The second-order valence-electron chi connectivity index (χ2n) is 5.87. The molecule has 0 radical (unpaired) electrons. The summed E-state index contributed by atoms with van der Waals surface area (Å²) in [5, 5.41) is 14.4. The molecule has 2 N–H and O–H groups in total. The van der Waals surface area contributed by atoms with E-state index in [4.69, 9.17) is 0 Å². The van der Waals surface area contributed by atoms with Gasteiger partial charge in [0.05, 0.1) is 6.20 Å². The zero-order valence-corrected chi connectivity index (χ0v) is 14.4. The molecule has 6 nitrogen and oxygen atoms in total. The normalized spacial score (nSPS) is 10.4. The van der Waals surface area contributed by atoms with Crippen LogP contribution < -0.4 is 10.6 Å². The lowest BCUT2D eigenvalue weighted by molar-refractivity contribution is 0.101. The predicted octanol–water partition coefficient (Wildman–Crippen LogP) is 4.18. The SMILES string of the molecule is CC(=O)c1ccc(Nc2cnnc(Nc3cc(C)ccc3C)n2)cc1. The van der Waals surface area contributed by atoms with Crippen LogP contribution in [0.25, 0.3) is 0 Å². The number of nitrogens with zero attached hydrogens (tertiary/aromatic N) is 3. The van der Waals surface area contributed by atoms with E-state index < -0.39 is 0 Å². The summed E-state index contributed by atoms with van der Waals surface area (Å²) in [7, 11) is 0. The van der Waals surface area contributed by atoms with Crippen molar-refractivity contribution in [2.75, 3.05) is 10.6 Å². The summed E-state index contributed by atoms with van der Waals surface area (Å²) < 4.78 is 0. The van der Waals surface area contributed by atoms with Crippen LogP contribution in [0.2, 0.25) is 0 Å². The van der Waals surface area contributed by atoms with Gasteiger partial charge in [-0.1, -0.05) is 12.1 Å². The van der Waals surface area contributed by atoms with Gasteiger partial charge in [0.15, 0.2) is 11.6 Å². The molecule has 0 aliphatic heterocycles. The van der Waals surface area contributed by atoms with E-state index in [-0.39, 0.29) is 5.78 Å². The maximum absolute atomic E-state index is 11.3. The lowest BCUT2D eigenvalue weighted by Gasteiger charge is -2.10. The summed E-state index contributed by atoms with van der Waals surface area (Å²) in [5.74, 6) is 1.02. The van der Waals surface area contributed by atoms with Gasteiger partial charge in [-0.05, 0) is 62.2 Å². The molecule has 3 aromatic rings. The lowest BCUT2D eigenvalue weighted by atomic mass is 10.1. The molecule has 0 aliphatic carbocycles. The number of hydrogen-bond acceptors (Lipinski definition) is 6. The van der Waals surface area contributed by atoms with Gasteiger partial charge in [0.1, 0.15) is 0 Å². The van der Waals surface area contributed by atoms with Crippen molar-refractivity contribution in [2.45, 2.75) is 20.8 Å². The highest BCUT2D eigenvalue weighted by atomic mass is 16.1. The topological polar surface area (TPSA) is 79.8 Å². The third-order valence-corrected chi connectivity index (χ3v) is 3.76. The van der Waals surface area contributed by atoms with Gasteiger partial charge in [-0.15, -0.1) is 5.10 Å². The van der Waals surface area contributed by atoms with E-state index in [9.17, 15) is 4.79 Å². The van der Waals surface area contributed by atoms with E-state index in [1.807, 2.05) is 38.1 Å². The van der Waals surface area contributed by atoms with Gasteiger partial charge in [-0.3, -0.25) is 4.79 Å². The first kappa shape index (κ1) is 16.6. The zero-order valence-electron chi connectivity index (χ0n) is 14.4. The van der Waals surface area contributed by atoms with Crippen LogP contribution in [0, 0.1) is 13.8 Å². The summed E-state index contributed by atoms with van der Waals surface area (Å²) in [6.07, 6.45) is 1.55. The minimum absolute atomic E-state index is 0.0373. The Kier molecular flexibility index (Phi) is 4.70. The van der Waals surface area contributed by atoms with Gasteiger partial charge in [-0.25, -0.2) is 0 Å². The maximum atomic E-state index is 11.3. The highest BCUT2D eigenvalue weighted by molar-refractivity contribution is 5.94. The van der Waals surface area contributed by atoms with Crippen LogP contribution in [0.1, 0.15) is 28.4 Å². The van der Waals surface area contributed by atoms with Crippen LogP contribution in [-0.4, -0.2) is 21.0 Å². The van der Waals surface area contributed by atoms with E-state index >= 15 is 0 Å². The highest BCUT2D eigenvalue weighted by Crippen LogP contribution is 2.21. The van der Waals surface area contributed by atoms with Crippen molar-refractivity contribution < 1.29 is 4.79 Å². The Hall–Kier alpha value is -3.28. The number of hydrogen-bond donors (Lipinski definition) is 2. The Bertz CT molecular complexity index is 906. The number of aromatic nitrogens is 3. The number of benzene rings is 2. The fraction of sp³-hybridized carbons (Fsp3) is 0.158.